The highest BCUT2D eigenvalue weighted by Gasteiger charge is 2.29. The Bertz CT molecular complexity index is 1030. The van der Waals surface area contributed by atoms with Crippen LogP contribution in [-0.4, -0.2) is 42.3 Å². The van der Waals surface area contributed by atoms with Crippen LogP contribution in [-0.2, 0) is 14.3 Å². The molecule has 34 heavy (non-hydrogen) atoms. The van der Waals surface area contributed by atoms with Gasteiger partial charge in [-0.1, -0.05) is 75.4 Å². The molecule has 0 fully saturated rings. The van der Waals surface area contributed by atoms with E-state index < -0.39 is 24.0 Å². The van der Waals surface area contributed by atoms with Gasteiger partial charge in [0.2, 0.25) is 5.91 Å². The van der Waals surface area contributed by atoms with Crippen molar-refractivity contribution >= 4 is 18.0 Å². The maximum absolute atomic E-state index is 12.2. The van der Waals surface area contributed by atoms with Gasteiger partial charge in [-0.15, -0.1) is 0 Å². The van der Waals surface area contributed by atoms with Crippen molar-refractivity contribution in [2.45, 2.75) is 45.6 Å². The Labute approximate surface area is 200 Å². The minimum atomic E-state index is -1.07. The second-order valence-corrected chi connectivity index (χ2v) is 9.61. The molecule has 0 spiro atoms. The van der Waals surface area contributed by atoms with Crippen molar-refractivity contribution in [1.82, 2.24) is 10.6 Å². The quantitative estimate of drug-likeness (QED) is 0.475. The van der Waals surface area contributed by atoms with Gasteiger partial charge in [0.25, 0.3) is 0 Å². The first-order valence-corrected chi connectivity index (χ1v) is 11.4. The number of carboxylic acid groups (broad SMARTS) is 1. The van der Waals surface area contributed by atoms with Crippen LogP contribution < -0.4 is 10.6 Å². The molecule has 0 saturated carbocycles. The number of hydrogen-bond acceptors (Lipinski definition) is 4. The topological polar surface area (TPSA) is 105 Å². The maximum atomic E-state index is 12.2. The fourth-order valence-corrected chi connectivity index (χ4v) is 4.01. The molecule has 7 nitrogen and oxygen atoms in total. The highest BCUT2D eigenvalue weighted by molar-refractivity contribution is 5.91. The highest BCUT2D eigenvalue weighted by Crippen LogP contribution is 2.44. The number of hydrogen-bond donors (Lipinski definition) is 3. The van der Waals surface area contributed by atoms with Gasteiger partial charge in [-0.05, 0) is 40.5 Å². The van der Waals surface area contributed by atoms with E-state index in [2.05, 4.69) is 34.9 Å². The van der Waals surface area contributed by atoms with Gasteiger partial charge in [-0.2, -0.15) is 0 Å². The second-order valence-electron chi connectivity index (χ2n) is 9.61. The molecule has 2 aromatic carbocycles. The van der Waals surface area contributed by atoms with Crippen LogP contribution in [0.1, 0.15) is 50.7 Å². The number of ether oxygens (including phenoxy) is 1. The molecular weight excluding hydrogens is 432 g/mol. The summed E-state index contributed by atoms with van der Waals surface area (Å²) in [5.74, 6) is -1.61. The molecule has 0 aliphatic heterocycles. The predicted octanol–water partition coefficient (Wildman–Crippen LogP) is 4.48. The average Bonchev–Trinajstić information content (AvgIpc) is 3.11. The summed E-state index contributed by atoms with van der Waals surface area (Å²) in [6, 6.07) is 15.2. The van der Waals surface area contributed by atoms with E-state index in [0.29, 0.717) is 12.8 Å². The third-order valence-corrected chi connectivity index (χ3v) is 5.77. The predicted molar refractivity (Wildman–Crippen MR) is 130 cm³/mol. The fourth-order valence-electron chi connectivity index (χ4n) is 4.01. The van der Waals surface area contributed by atoms with E-state index in [0.717, 1.165) is 22.3 Å². The van der Waals surface area contributed by atoms with Gasteiger partial charge in [0, 0.05) is 18.5 Å². The molecule has 0 radical (unpaired) electrons. The first-order valence-electron chi connectivity index (χ1n) is 11.4. The van der Waals surface area contributed by atoms with Crippen LogP contribution in [0.25, 0.3) is 11.1 Å². The normalized spacial score (nSPS) is 13.7. The summed E-state index contributed by atoms with van der Waals surface area (Å²) in [6.45, 7) is 6.34. The average molecular weight is 465 g/mol. The van der Waals surface area contributed by atoms with Gasteiger partial charge in [-0.25, -0.2) is 9.59 Å². The van der Waals surface area contributed by atoms with Crippen molar-refractivity contribution in [1.29, 1.82) is 0 Å². The fraction of sp³-hybridized carbons (Fsp3) is 0.370. The van der Waals surface area contributed by atoms with Crippen LogP contribution in [0.4, 0.5) is 4.79 Å². The summed E-state index contributed by atoms with van der Waals surface area (Å²) in [5, 5.41) is 14.4. The maximum Gasteiger partial charge on any atom is 0.407 e. The van der Waals surface area contributed by atoms with Crippen LogP contribution >= 0.6 is 0 Å². The Balaban J connectivity index is 1.45. The molecule has 2 aromatic rings. The number of fused-ring (bicyclic) bond motifs is 3. The molecule has 180 valence electrons. The highest BCUT2D eigenvalue weighted by atomic mass is 16.5. The van der Waals surface area contributed by atoms with Gasteiger partial charge in [0.15, 0.2) is 0 Å². The van der Waals surface area contributed by atoms with Crippen molar-refractivity contribution in [3.63, 3.8) is 0 Å². The van der Waals surface area contributed by atoms with E-state index in [1.165, 1.54) is 12.2 Å². The third-order valence-electron chi connectivity index (χ3n) is 5.77. The minimum absolute atomic E-state index is 0.0266. The van der Waals surface area contributed by atoms with E-state index in [1.54, 1.807) is 0 Å². The van der Waals surface area contributed by atoms with Crippen molar-refractivity contribution in [3.05, 3.63) is 71.8 Å². The smallest absolute Gasteiger partial charge is 0.407 e. The third kappa shape index (κ3) is 6.70. The molecule has 0 aromatic heterocycles. The van der Waals surface area contributed by atoms with Gasteiger partial charge in [0.1, 0.15) is 12.6 Å². The lowest BCUT2D eigenvalue weighted by Gasteiger charge is -2.21. The standard InChI is InChI=1S/C27H32N2O5/c1-27(2,3)15-14-23(25(31)32)29-24(30)13-8-16-28-26(33)34-17-22-20-11-6-4-9-18(20)19-10-5-7-12-21(19)22/h4-13,22-23H,14-17H2,1-3H3,(H,28,33)(H,29,30)(H,31,32)/b13-8+. The SMILES string of the molecule is CC(C)(C)CCC(NC(=O)/C=C/CNC(=O)OCC1c2ccccc2-c2ccccc21)C(=O)O. The van der Waals surface area contributed by atoms with Crippen LogP contribution in [0.2, 0.25) is 0 Å². The first kappa shape index (κ1) is 25.0. The van der Waals surface area contributed by atoms with Crippen molar-refractivity contribution in [2.24, 2.45) is 5.41 Å². The van der Waals surface area contributed by atoms with Crippen molar-refractivity contribution in [3.8, 4) is 11.1 Å². The number of amides is 2. The molecule has 0 heterocycles. The van der Waals surface area contributed by atoms with Crippen molar-refractivity contribution < 1.29 is 24.2 Å². The lowest BCUT2D eigenvalue weighted by Crippen LogP contribution is -2.40. The zero-order chi connectivity index (χ0) is 24.7. The number of benzene rings is 2. The molecule has 1 aliphatic carbocycles. The molecule has 2 amide bonds. The Morgan fingerprint density at radius 1 is 1.03 bits per heavy atom. The summed E-state index contributed by atoms with van der Waals surface area (Å²) in [7, 11) is 0. The van der Waals surface area contributed by atoms with Gasteiger partial charge >= 0.3 is 12.1 Å². The molecule has 3 rings (SSSR count). The van der Waals surface area contributed by atoms with E-state index >= 15 is 0 Å². The van der Waals surface area contributed by atoms with Crippen LogP contribution in [0, 0.1) is 5.41 Å². The number of carboxylic acids is 1. The summed E-state index contributed by atoms with van der Waals surface area (Å²) in [5.41, 5.74) is 4.55. The summed E-state index contributed by atoms with van der Waals surface area (Å²) < 4.78 is 5.44. The summed E-state index contributed by atoms with van der Waals surface area (Å²) in [6.07, 6.45) is 3.10. The molecule has 0 saturated heterocycles. The van der Waals surface area contributed by atoms with Gasteiger partial charge in [0.05, 0.1) is 0 Å². The van der Waals surface area contributed by atoms with Gasteiger partial charge in [-0.3, -0.25) is 4.79 Å². The van der Waals surface area contributed by atoms with Crippen LogP contribution in [0.15, 0.2) is 60.7 Å². The first-order chi connectivity index (χ1) is 16.2. The molecule has 1 atom stereocenters. The lowest BCUT2D eigenvalue weighted by molar-refractivity contribution is -0.141. The van der Waals surface area contributed by atoms with E-state index in [4.69, 9.17) is 4.74 Å². The zero-order valence-electron chi connectivity index (χ0n) is 19.8. The Hall–Kier alpha value is -3.61. The lowest BCUT2D eigenvalue weighted by atomic mass is 9.88. The van der Waals surface area contributed by atoms with Crippen LogP contribution in [0.3, 0.4) is 0 Å². The number of carbonyl (C=O) groups excluding carboxylic acids is 2. The number of aliphatic carboxylic acids is 1. The van der Waals surface area contributed by atoms with E-state index in [9.17, 15) is 19.5 Å². The van der Waals surface area contributed by atoms with Gasteiger partial charge < -0.3 is 20.5 Å². The molecule has 1 unspecified atom stereocenters. The minimum Gasteiger partial charge on any atom is -0.480 e. The number of carbonyl (C=O) groups is 3. The molecule has 3 N–H and O–H groups in total. The Kier molecular flexibility index (Phi) is 8.10. The molecule has 0 bridgehead atoms. The molecular formula is C27H32N2O5. The molecule has 1 aliphatic rings. The van der Waals surface area contributed by atoms with Crippen molar-refractivity contribution in [2.75, 3.05) is 13.2 Å². The summed E-state index contributed by atoms with van der Waals surface area (Å²) >= 11 is 0. The number of rotatable bonds is 9. The Morgan fingerprint density at radius 2 is 1.62 bits per heavy atom. The van der Waals surface area contributed by atoms with E-state index in [1.807, 2.05) is 45.0 Å². The molecule has 7 heteroatoms. The Morgan fingerprint density at radius 3 is 2.18 bits per heavy atom. The number of alkyl carbamates (subject to hydrolysis) is 1. The number of nitrogens with one attached hydrogen (secondary N) is 2. The zero-order valence-corrected chi connectivity index (χ0v) is 19.8. The van der Waals surface area contributed by atoms with E-state index in [-0.39, 0.29) is 24.5 Å². The monoisotopic (exact) mass is 464 g/mol. The second kappa shape index (κ2) is 11.0. The van der Waals surface area contributed by atoms with Crippen LogP contribution in [0.5, 0.6) is 0 Å². The summed E-state index contributed by atoms with van der Waals surface area (Å²) in [4.78, 5) is 35.6. The largest absolute Gasteiger partial charge is 0.480 e.